The first-order valence-corrected chi connectivity index (χ1v) is 6.93. The Morgan fingerprint density at radius 1 is 1.25 bits per heavy atom. The van der Waals surface area contributed by atoms with Crippen molar-refractivity contribution >= 4 is 28.2 Å². The summed E-state index contributed by atoms with van der Waals surface area (Å²) in [5, 5.41) is 9.33. The second-order valence-corrected chi connectivity index (χ2v) is 5.53. The van der Waals surface area contributed by atoms with Crippen LogP contribution in [0.5, 0.6) is 0 Å². The standard InChI is InChI=1S/C11H13N3S2/c1-8-4-2-3-5-9(8)6-15-7-10-13-14-11(12)16-10/h2-5H,6-7H2,1H3,(H2,12,14). The zero-order chi connectivity index (χ0) is 11.4. The summed E-state index contributed by atoms with van der Waals surface area (Å²) < 4.78 is 0. The maximum Gasteiger partial charge on any atom is 0.203 e. The van der Waals surface area contributed by atoms with Crippen molar-refractivity contribution in [2.45, 2.75) is 18.4 Å². The highest BCUT2D eigenvalue weighted by molar-refractivity contribution is 7.97. The van der Waals surface area contributed by atoms with Crippen molar-refractivity contribution < 1.29 is 0 Å². The van der Waals surface area contributed by atoms with E-state index in [0.717, 1.165) is 16.5 Å². The Kier molecular flexibility index (Phi) is 3.79. The van der Waals surface area contributed by atoms with Crippen molar-refractivity contribution in [1.29, 1.82) is 0 Å². The molecule has 1 aromatic heterocycles. The minimum Gasteiger partial charge on any atom is -0.374 e. The lowest BCUT2D eigenvalue weighted by atomic mass is 10.1. The minimum absolute atomic E-state index is 0.548. The van der Waals surface area contributed by atoms with Gasteiger partial charge in [-0.2, -0.15) is 0 Å². The number of aryl methyl sites for hydroxylation is 1. The summed E-state index contributed by atoms with van der Waals surface area (Å²) in [6.45, 7) is 2.14. The predicted octanol–water partition coefficient (Wildman–Crippen LogP) is 2.86. The van der Waals surface area contributed by atoms with Gasteiger partial charge in [-0.1, -0.05) is 35.6 Å². The third-order valence-corrected chi connectivity index (χ3v) is 4.15. The van der Waals surface area contributed by atoms with Crippen LogP contribution < -0.4 is 5.73 Å². The number of hydrogen-bond donors (Lipinski definition) is 1. The molecule has 2 N–H and O–H groups in total. The number of nitrogens with two attached hydrogens (primary N) is 1. The number of nitrogen functional groups attached to an aromatic ring is 1. The second-order valence-electron chi connectivity index (χ2n) is 3.45. The van der Waals surface area contributed by atoms with E-state index < -0.39 is 0 Å². The van der Waals surface area contributed by atoms with Gasteiger partial charge >= 0.3 is 0 Å². The van der Waals surface area contributed by atoms with Gasteiger partial charge in [0.1, 0.15) is 5.01 Å². The number of aromatic nitrogens is 2. The Morgan fingerprint density at radius 3 is 2.75 bits per heavy atom. The molecule has 1 heterocycles. The number of nitrogens with zero attached hydrogens (tertiary/aromatic N) is 2. The summed E-state index contributed by atoms with van der Waals surface area (Å²) in [5.74, 6) is 1.88. The zero-order valence-corrected chi connectivity index (χ0v) is 10.6. The molecule has 2 rings (SSSR count). The van der Waals surface area contributed by atoms with Gasteiger partial charge in [-0.15, -0.1) is 22.0 Å². The van der Waals surface area contributed by atoms with E-state index in [1.54, 1.807) is 0 Å². The van der Waals surface area contributed by atoms with Gasteiger partial charge < -0.3 is 5.73 Å². The molecule has 0 aliphatic rings. The molecule has 0 saturated heterocycles. The van der Waals surface area contributed by atoms with Gasteiger partial charge in [-0.25, -0.2) is 0 Å². The normalized spacial score (nSPS) is 10.6. The summed E-state index contributed by atoms with van der Waals surface area (Å²) >= 11 is 3.30. The lowest BCUT2D eigenvalue weighted by Crippen LogP contribution is -1.86. The van der Waals surface area contributed by atoms with Crippen LogP contribution in [0.2, 0.25) is 0 Å². The van der Waals surface area contributed by atoms with Crippen LogP contribution in [0, 0.1) is 6.92 Å². The molecule has 0 amide bonds. The molecule has 5 heteroatoms. The van der Waals surface area contributed by atoms with Crippen LogP contribution >= 0.6 is 23.1 Å². The Hall–Kier alpha value is -1.07. The Labute approximate surface area is 103 Å². The number of anilines is 1. The monoisotopic (exact) mass is 251 g/mol. The van der Waals surface area contributed by atoms with E-state index >= 15 is 0 Å². The van der Waals surface area contributed by atoms with E-state index in [2.05, 4.69) is 41.4 Å². The molecule has 16 heavy (non-hydrogen) atoms. The molecule has 0 bridgehead atoms. The maximum atomic E-state index is 5.52. The molecular formula is C11H13N3S2. The summed E-state index contributed by atoms with van der Waals surface area (Å²) in [7, 11) is 0. The summed E-state index contributed by atoms with van der Waals surface area (Å²) in [6.07, 6.45) is 0. The number of rotatable bonds is 4. The Balaban J connectivity index is 1.87. The molecule has 1 aromatic carbocycles. The van der Waals surface area contributed by atoms with Crippen molar-refractivity contribution in [1.82, 2.24) is 10.2 Å². The molecule has 0 aliphatic heterocycles. The fraction of sp³-hybridized carbons (Fsp3) is 0.273. The molecule has 0 saturated carbocycles. The summed E-state index contributed by atoms with van der Waals surface area (Å²) in [6, 6.07) is 8.44. The van der Waals surface area contributed by atoms with Crippen LogP contribution in [-0.2, 0) is 11.5 Å². The van der Waals surface area contributed by atoms with E-state index in [4.69, 9.17) is 5.73 Å². The highest BCUT2D eigenvalue weighted by atomic mass is 32.2. The van der Waals surface area contributed by atoms with Crippen molar-refractivity contribution in [3.05, 3.63) is 40.4 Å². The molecule has 0 unspecified atom stereocenters. The van der Waals surface area contributed by atoms with Crippen LogP contribution in [0.25, 0.3) is 0 Å². The highest BCUT2D eigenvalue weighted by Crippen LogP contribution is 2.22. The maximum absolute atomic E-state index is 5.52. The van der Waals surface area contributed by atoms with E-state index in [1.807, 2.05) is 11.8 Å². The van der Waals surface area contributed by atoms with E-state index in [0.29, 0.717) is 5.13 Å². The summed E-state index contributed by atoms with van der Waals surface area (Å²) in [4.78, 5) is 0. The minimum atomic E-state index is 0.548. The van der Waals surface area contributed by atoms with Crippen molar-refractivity contribution in [2.75, 3.05) is 5.73 Å². The van der Waals surface area contributed by atoms with E-state index in [1.165, 1.54) is 22.5 Å². The smallest absolute Gasteiger partial charge is 0.203 e. The number of hydrogen-bond acceptors (Lipinski definition) is 5. The van der Waals surface area contributed by atoms with Crippen LogP contribution in [0.3, 0.4) is 0 Å². The number of thioether (sulfide) groups is 1. The molecule has 0 spiro atoms. The molecule has 84 valence electrons. The first-order valence-electron chi connectivity index (χ1n) is 4.96. The largest absolute Gasteiger partial charge is 0.374 e. The molecule has 2 aromatic rings. The van der Waals surface area contributed by atoms with Crippen LogP contribution in [0.1, 0.15) is 16.1 Å². The van der Waals surface area contributed by atoms with Gasteiger partial charge in [0.05, 0.1) is 0 Å². The Bertz CT molecular complexity index is 468. The Morgan fingerprint density at radius 2 is 2.06 bits per heavy atom. The van der Waals surface area contributed by atoms with E-state index in [-0.39, 0.29) is 0 Å². The fourth-order valence-corrected chi connectivity index (χ4v) is 3.11. The predicted molar refractivity (Wildman–Crippen MR) is 70.5 cm³/mol. The van der Waals surface area contributed by atoms with Crippen molar-refractivity contribution in [3.8, 4) is 0 Å². The lowest BCUT2D eigenvalue weighted by molar-refractivity contribution is 1.05. The molecule has 0 fully saturated rings. The third-order valence-electron chi connectivity index (χ3n) is 2.23. The average molecular weight is 251 g/mol. The van der Waals surface area contributed by atoms with Gasteiger partial charge in [0, 0.05) is 11.5 Å². The van der Waals surface area contributed by atoms with Gasteiger partial charge in [-0.05, 0) is 18.1 Å². The molecule has 0 radical (unpaired) electrons. The van der Waals surface area contributed by atoms with Gasteiger partial charge in [0.2, 0.25) is 5.13 Å². The topological polar surface area (TPSA) is 51.8 Å². The second kappa shape index (κ2) is 5.32. The fourth-order valence-electron chi connectivity index (χ4n) is 1.35. The highest BCUT2D eigenvalue weighted by Gasteiger charge is 2.02. The van der Waals surface area contributed by atoms with Crippen molar-refractivity contribution in [2.24, 2.45) is 0 Å². The van der Waals surface area contributed by atoms with Gasteiger partial charge in [-0.3, -0.25) is 0 Å². The lowest BCUT2D eigenvalue weighted by Gasteiger charge is -2.03. The van der Waals surface area contributed by atoms with E-state index in [9.17, 15) is 0 Å². The van der Waals surface area contributed by atoms with Crippen LogP contribution in [-0.4, -0.2) is 10.2 Å². The van der Waals surface area contributed by atoms with Crippen LogP contribution in [0.4, 0.5) is 5.13 Å². The number of benzene rings is 1. The first kappa shape index (κ1) is 11.4. The molecular weight excluding hydrogens is 238 g/mol. The first-order chi connectivity index (χ1) is 7.75. The third kappa shape index (κ3) is 2.96. The molecule has 0 atom stereocenters. The zero-order valence-electron chi connectivity index (χ0n) is 9.01. The molecule has 0 aliphatic carbocycles. The average Bonchev–Trinajstić information content (AvgIpc) is 2.67. The summed E-state index contributed by atoms with van der Waals surface area (Å²) in [5.41, 5.74) is 8.24. The SMILES string of the molecule is Cc1ccccc1CSCc1nnc(N)s1. The quantitative estimate of drug-likeness (QED) is 0.908. The van der Waals surface area contributed by atoms with Gasteiger partial charge in [0.25, 0.3) is 0 Å². The van der Waals surface area contributed by atoms with Crippen molar-refractivity contribution in [3.63, 3.8) is 0 Å². The van der Waals surface area contributed by atoms with Gasteiger partial charge in [0.15, 0.2) is 0 Å². The van der Waals surface area contributed by atoms with Crippen LogP contribution in [0.15, 0.2) is 24.3 Å². The molecule has 3 nitrogen and oxygen atoms in total.